The van der Waals surface area contributed by atoms with Gasteiger partial charge in [0.05, 0.1) is 25.2 Å². The number of carbonyl (C=O) groups is 6. The smallest absolute Gasteiger partial charge is 0.326 e. The predicted octanol–water partition coefficient (Wildman–Crippen LogP) is -3.77. The first kappa shape index (κ1) is 28.0. The SMILES string of the molecule is CC(C)C(N)C(=O)NC(CC(N)=O)C(=O)NC(Cc1cnc[nH]1)C(=O)NC(CC(N)=O)C(=O)O. The highest BCUT2D eigenvalue weighted by Gasteiger charge is 2.32. The maximum atomic E-state index is 12.9. The summed E-state index contributed by atoms with van der Waals surface area (Å²) < 4.78 is 0. The van der Waals surface area contributed by atoms with Crippen LogP contribution in [-0.4, -0.2) is 74.7 Å². The molecule has 11 N–H and O–H groups in total. The first-order valence-electron chi connectivity index (χ1n) is 10.2. The lowest BCUT2D eigenvalue weighted by Crippen LogP contribution is -2.58. The van der Waals surface area contributed by atoms with E-state index in [1.54, 1.807) is 13.8 Å². The summed E-state index contributed by atoms with van der Waals surface area (Å²) in [5, 5.41) is 16.1. The maximum Gasteiger partial charge on any atom is 0.326 e. The first-order chi connectivity index (χ1) is 15.8. The molecule has 0 radical (unpaired) electrons. The maximum absolute atomic E-state index is 12.9. The summed E-state index contributed by atoms with van der Waals surface area (Å²) in [5.74, 6) is -6.26. The van der Waals surface area contributed by atoms with E-state index in [1.807, 2.05) is 0 Å². The Morgan fingerprint density at radius 3 is 1.88 bits per heavy atom. The zero-order chi connectivity index (χ0) is 26.0. The van der Waals surface area contributed by atoms with Crippen molar-refractivity contribution >= 4 is 35.5 Å². The average Bonchev–Trinajstić information content (AvgIpc) is 3.23. The summed E-state index contributed by atoms with van der Waals surface area (Å²) in [6.07, 6.45) is 1.26. The van der Waals surface area contributed by atoms with E-state index < -0.39 is 72.5 Å². The number of hydrogen-bond acceptors (Lipinski definition) is 8. The molecule has 15 heteroatoms. The van der Waals surface area contributed by atoms with Crippen LogP contribution in [0.1, 0.15) is 32.4 Å². The van der Waals surface area contributed by atoms with Gasteiger partial charge >= 0.3 is 5.97 Å². The molecule has 1 rings (SSSR count). The molecule has 1 aromatic heterocycles. The van der Waals surface area contributed by atoms with Gasteiger partial charge in [-0.3, -0.25) is 24.0 Å². The number of aromatic amines is 1. The van der Waals surface area contributed by atoms with E-state index in [4.69, 9.17) is 17.2 Å². The van der Waals surface area contributed by atoms with Crippen molar-refractivity contribution < 1.29 is 33.9 Å². The number of hydrogen-bond donors (Lipinski definition) is 8. The number of primary amides is 2. The van der Waals surface area contributed by atoms with E-state index in [9.17, 15) is 33.9 Å². The van der Waals surface area contributed by atoms with E-state index in [2.05, 4.69) is 25.9 Å². The van der Waals surface area contributed by atoms with Crippen LogP contribution in [0.4, 0.5) is 0 Å². The molecular weight excluding hydrogens is 452 g/mol. The van der Waals surface area contributed by atoms with Crippen LogP contribution < -0.4 is 33.2 Å². The summed E-state index contributed by atoms with van der Waals surface area (Å²) in [4.78, 5) is 78.5. The van der Waals surface area contributed by atoms with Crippen molar-refractivity contribution in [1.82, 2.24) is 25.9 Å². The van der Waals surface area contributed by atoms with E-state index >= 15 is 0 Å². The van der Waals surface area contributed by atoms with Gasteiger partial charge in [-0.25, -0.2) is 9.78 Å². The Labute approximate surface area is 194 Å². The molecule has 15 nitrogen and oxygen atoms in total. The number of carboxylic acids is 1. The number of aromatic nitrogens is 2. The average molecular weight is 482 g/mol. The molecule has 0 aliphatic carbocycles. The van der Waals surface area contributed by atoms with Crippen LogP contribution in [0.2, 0.25) is 0 Å². The Morgan fingerprint density at radius 2 is 1.41 bits per heavy atom. The van der Waals surface area contributed by atoms with Crippen LogP contribution >= 0.6 is 0 Å². The van der Waals surface area contributed by atoms with Crippen LogP contribution in [-0.2, 0) is 35.2 Å². The van der Waals surface area contributed by atoms with Gasteiger partial charge in [0.15, 0.2) is 0 Å². The summed E-state index contributed by atoms with van der Waals surface area (Å²) >= 11 is 0. The van der Waals surface area contributed by atoms with Crippen LogP contribution in [0.5, 0.6) is 0 Å². The normalized spacial score (nSPS) is 14.4. The van der Waals surface area contributed by atoms with Crippen molar-refractivity contribution in [3.63, 3.8) is 0 Å². The van der Waals surface area contributed by atoms with Gasteiger partial charge in [0.2, 0.25) is 29.5 Å². The molecule has 4 unspecified atom stereocenters. The molecule has 0 bridgehead atoms. The number of nitrogens with zero attached hydrogens (tertiary/aromatic N) is 1. The van der Waals surface area contributed by atoms with Crippen molar-refractivity contribution in [3.05, 3.63) is 18.2 Å². The topological polar surface area (TPSA) is 265 Å². The van der Waals surface area contributed by atoms with Crippen molar-refractivity contribution in [2.45, 2.75) is 57.3 Å². The summed E-state index contributed by atoms with van der Waals surface area (Å²) in [7, 11) is 0. The fourth-order valence-electron chi connectivity index (χ4n) is 2.75. The molecular formula is C19H30N8O7. The third kappa shape index (κ3) is 9.23. The summed E-state index contributed by atoms with van der Waals surface area (Å²) in [6, 6.07) is -5.45. The number of nitrogens with two attached hydrogens (primary N) is 3. The minimum Gasteiger partial charge on any atom is -0.480 e. The van der Waals surface area contributed by atoms with Gasteiger partial charge in [-0.1, -0.05) is 13.8 Å². The zero-order valence-corrected chi connectivity index (χ0v) is 18.7. The molecule has 0 aliphatic rings. The number of rotatable bonds is 14. The van der Waals surface area contributed by atoms with Crippen LogP contribution in [0.25, 0.3) is 0 Å². The van der Waals surface area contributed by atoms with Gasteiger partial charge in [-0.05, 0) is 5.92 Å². The minimum absolute atomic E-state index is 0.163. The fourth-order valence-corrected chi connectivity index (χ4v) is 2.75. The monoisotopic (exact) mass is 482 g/mol. The molecule has 34 heavy (non-hydrogen) atoms. The van der Waals surface area contributed by atoms with Crippen molar-refractivity contribution in [1.29, 1.82) is 0 Å². The molecule has 0 saturated carbocycles. The van der Waals surface area contributed by atoms with E-state index in [-0.39, 0.29) is 12.3 Å². The number of H-pyrrole nitrogens is 1. The van der Waals surface area contributed by atoms with E-state index in [1.165, 1.54) is 12.5 Å². The van der Waals surface area contributed by atoms with Gasteiger partial charge in [0, 0.05) is 18.3 Å². The number of imidazole rings is 1. The van der Waals surface area contributed by atoms with Crippen LogP contribution in [0.15, 0.2) is 12.5 Å². The van der Waals surface area contributed by atoms with Crippen molar-refractivity contribution in [3.8, 4) is 0 Å². The highest BCUT2D eigenvalue weighted by atomic mass is 16.4. The minimum atomic E-state index is -1.64. The third-order valence-corrected chi connectivity index (χ3v) is 4.69. The van der Waals surface area contributed by atoms with Gasteiger partial charge in [0.25, 0.3) is 0 Å². The summed E-state index contributed by atoms with van der Waals surface area (Å²) in [5.41, 5.74) is 16.4. The fraction of sp³-hybridized carbons (Fsp3) is 0.526. The second-order valence-electron chi connectivity index (χ2n) is 7.91. The van der Waals surface area contributed by atoms with Crippen molar-refractivity contribution in [2.24, 2.45) is 23.1 Å². The molecule has 0 aromatic carbocycles. The molecule has 188 valence electrons. The molecule has 1 aromatic rings. The number of aliphatic carboxylic acids is 1. The lowest BCUT2D eigenvalue weighted by molar-refractivity contribution is -0.143. The summed E-state index contributed by atoms with van der Waals surface area (Å²) in [6.45, 7) is 3.37. The van der Waals surface area contributed by atoms with Gasteiger partial charge in [-0.15, -0.1) is 0 Å². The highest BCUT2D eigenvalue weighted by Crippen LogP contribution is 2.04. The highest BCUT2D eigenvalue weighted by molar-refractivity contribution is 5.96. The van der Waals surface area contributed by atoms with Crippen LogP contribution in [0.3, 0.4) is 0 Å². The van der Waals surface area contributed by atoms with Crippen LogP contribution in [0, 0.1) is 5.92 Å². The molecule has 0 saturated heterocycles. The molecule has 1 heterocycles. The van der Waals surface area contributed by atoms with Crippen molar-refractivity contribution in [2.75, 3.05) is 0 Å². The Bertz CT molecular complexity index is 902. The molecule has 0 spiro atoms. The third-order valence-electron chi connectivity index (χ3n) is 4.69. The molecule has 5 amide bonds. The van der Waals surface area contributed by atoms with Gasteiger partial charge in [0.1, 0.15) is 18.1 Å². The molecule has 0 fully saturated rings. The van der Waals surface area contributed by atoms with Gasteiger partial charge < -0.3 is 43.2 Å². The largest absolute Gasteiger partial charge is 0.480 e. The Hall–Kier alpha value is -4.01. The quantitative estimate of drug-likeness (QED) is 0.129. The lowest BCUT2D eigenvalue weighted by atomic mass is 10.0. The van der Waals surface area contributed by atoms with E-state index in [0.717, 1.165) is 0 Å². The standard InChI is InChI=1S/C19H30N8O7/c1-8(2)15(22)18(32)26-11(4-13(20)28)17(31)25-10(3-9-6-23-7-24-9)16(30)27-12(19(33)34)5-14(21)29/h6-8,10-12,15H,3-5,22H2,1-2H3,(H2,20,28)(H2,21,29)(H,23,24)(H,25,31)(H,26,32)(H,27,30)(H,33,34). The predicted molar refractivity (Wildman–Crippen MR) is 116 cm³/mol. The molecule has 0 aliphatic heterocycles. The van der Waals surface area contributed by atoms with Gasteiger partial charge in [-0.2, -0.15) is 0 Å². The zero-order valence-electron chi connectivity index (χ0n) is 18.7. The number of carboxylic acid groups (broad SMARTS) is 1. The lowest BCUT2D eigenvalue weighted by Gasteiger charge is -2.25. The molecule has 4 atom stereocenters. The Kier molecular flexibility index (Phi) is 10.6. The van der Waals surface area contributed by atoms with E-state index in [0.29, 0.717) is 5.69 Å². The number of amides is 5. The number of nitrogens with one attached hydrogen (secondary N) is 4. The Morgan fingerprint density at radius 1 is 0.912 bits per heavy atom. The second kappa shape index (κ2) is 12.9. The Balaban J connectivity index is 3.10. The first-order valence-corrected chi connectivity index (χ1v) is 10.2. The number of carbonyl (C=O) groups excluding carboxylic acids is 5. The second-order valence-corrected chi connectivity index (χ2v) is 7.91.